The van der Waals surface area contributed by atoms with Gasteiger partial charge in [-0.1, -0.05) is 6.07 Å². The van der Waals surface area contributed by atoms with E-state index in [9.17, 15) is 0 Å². The Morgan fingerprint density at radius 1 is 1.38 bits per heavy atom. The Morgan fingerprint density at radius 3 is 2.81 bits per heavy atom. The standard InChI is InChI=1S/C12H14BrN3/c1-9-3-4-12(11(13)7-9)14-8-10-5-6-15-16(10)2/h3-7,14H,8H2,1-2H3. The average Bonchev–Trinajstić information content (AvgIpc) is 2.63. The molecule has 0 aliphatic heterocycles. The van der Waals surface area contributed by atoms with E-state index < -0.39 is 0 Å². The van der Waals surface area contributed by atoms with Crippen molar-refractivity contribution in [1.82, 2.24) is 9.78 Å². The zero-order valence-corrected chi connectivity index (χ0v) is 11.0. The molecule has 1 aromatic heterocycles. The van der Waals surface area contributed by atoms with Gasteiger partial charge < -0.3 is 5.32 Å². The minimum Gasteiger partial charge on any atom is -0.378 e. The van der Waals surface area contributed by atoms with Crippen LogP contribution in [0.5, 0.6) is 0 Å². The van der Waals surface area contributed by atoms with E-state index in [-0.39, 0.29) is 0 Å². The van der Waals surface area contributed by atoms with E-state index in [1.54, 1.807) is 6.20 Å². The van der Waals surface area contributed by atoms with Gasteiger partial charge in [0.1, 0.15) is 0 Å². The van der Waals surface area contributed by atoms with Crippen LogP contribution in [0.25, 0.3) is 0 Å². The predicted molar refractivity (Wildman–Crippen MR) is 69.4 cm³/mol. The summed E-state index contributed by atoms with van der Waals surface area (Å²) in [5, 5.41) is 7.51. The van der Waals surface area contributed by atoms with Crippen LogP contribution in [0.2, 0.25) is 0 Å². The fourth-order valence-corrected chi connectivity index (χ4v) is 2.16. The van der Waals surface area contributed by atoms with Crippen LogP contribution in [0, 0.1) is 6.92 Å². The normalized spacial score (nSPS) is 10.4. The molecule has 0 amide bonds. The molecule has 0 saturated heterocycles. The first kappa shape index (κ1) is 11.2. The number of nitrogens with zero attached hydrogens (tertiary/aromatic N) is 2. The zero-order chi connectivity index (χ0) is 11.5. The Hall–Kier alpha value is -1.29. The van der Waals surface area contributed by atoms with Crippen LogP contribution in [0.3, 0.4) is 0 Å². The molecule has 0 aliphatic rings. The van der Waals surface area contributed by atoms with Crippen molar-refractivity contribution in [2.24, 2.45) is 7.05 Å². The van der Waals surface area contributed by atoms with Crippen LogP contribution < -0.4 is 5.32 Å². The van der Waals surface area contributed by atoms with Gasteiger partial charge in [0.05, 0.1) is 12.2 Å². The minimum atomic E-state index is 0.776. The van der Waals surface area contributed by atoms with E-state index in [1.165, 1.54) is 5.56 Å². The monoisotopic (exact) mass is 279 g/mol. The maximum atomic E-state index is 4.13. The Kier molecular flexibility index (Phi) is 3.29. The summed E-state index contributed by atoms with van der Waals surface area (Å²) in [5.74, 6) is 0. The van der Waals surface area contributed by atoms with Gasteiger partial charge >= 0.3 is 0 Å². The van der Waals surface area contributed by atoms with E-state index in [4.69, 9.17) is 0 Å². The van der Waals surface area contributed by atoms with Gasteiger partial charge in [-0.2, -0.15) is 5.10 Å². The Bertz CT molecular complexity index is 491. The summed E-state index contributed by atoms with van der Waals surface area (Å²) >= 11 is 3.54. The molecule has 3 nitrogen and oxygen atoms in total. The molecule has 0 aliphatic carbocycles. The van der Waals surface area contributed by atoms with Crippen molar-refractivity contribution in [3.05, 3.63) is 46.2 Å². The van der Waals surface area contributed by atoms with Crippen molar-refractivity contribution in [2.45, 2.75) is 13.5 Å². The number of rotatable bonds is 3. The highest BCUT2D eigenvalue weighted by Crippen LogP contribution is 2.23. The third-order valence-electron chi connectivity index (χ3n) is 2.51. The van der Waals surface area contributed by atoms with Crippen molar-refractivity contribution in [2.75, 3.05) is 5.32 Å². The maximum Gasteiger partial charge on any atom is 0.0571 e. The molecule has 1 N–H and O–H groups in total. The molecule has 84 valence electrons. The highest BCUT2D eigenvalue weighted by molar-refractivity contribution is 9.10. The molecule has 0 radical (unpaired) electrons. The maximum absolute atomic E-state index is 4.13. The molecular weight excluding hydrogens is 266 g/mol. The lowest BCUT2D eigenvalue weighted by Crippen LogP contribution is -2.05. The molecule has 0 atom stereocenters. The van der Waals surface area contributed by atoms with Crippen molar-refractivity contribution in [3.63, 3.8) is 0 Å². The number of anilines is 1. The van der Waals surface area contributed by atoms with Crippen LogP contribution >= 0.6 is 15.9 Å². The largest absolute Gasteiger partial charge is 0.378 e. The summed E-state index contributed by atoms with van der Waals surface area (Å²) in [5.41, 5.74) is 3.51. The minimum absolute atomic E-state index is 0.776. The third-order valence-corrected chi connectivity index (χ3v) is 3.16. The van der Waals surface area contributed by atoms with Crippen LogP contribution in [-0.4, -0.2) is 9.78 Å². The van der Waals surface area contributed by atoms with Gasteiger partial charge in [0.25, 0.3) is 0 Å². The lowest BCUT2D eigenvalue weighted by Gasteiger charge is -2.09. The smallest absolute Gasteiger partial charge is 0.0571 e. The lowest BCUT2D eigenvalue weighted by atomic mass is 10.2. The summed E-state index contributed by atoms with van der Waals surface area (Å²) in [6, 6.07) is 8.28. The van der Waals surface area contributed by atoms with Crippen LogP contribution in [0.15, 0.2) is 34.9 Å². The molecule has 0 spiro atoms. The van der Waals surface area contributed by atoms with Crippen LogP contribution in [0.1, 0.15) is 11.3 Å². The summed E-state index contributed by atoms with van der Waals surface area (Å²) < 4.78 is 2.96. The SMILES string of the molecule is Cc1ccc(NCc2ccnn2C)c(Br)c1. The van der Waals surface area contributed by atoms with E-state index in [2.05, 4.69) is 51.5 Å². The first-order valence-corrected chi connectivity index (χ1v) is 5.93. The number of hydrogen-bond acceptors (Lipinski definition) is 2. The van der Waals surface area contributed by atoms with Gasteiger partial charge in [-0.25, -0.2) is 0 Å². The summed E-state index contributed by atoms with van der Waals surface area (Å²) in [4.78, 5) is 0. The van der Waals surface area contributed by atoms with Crippen molar-refractivity contribution in [1.29, 1.82) is 0 Å². The molecule has 0 unspecified atom stereocenters. The molecule has 0 bridgehead atoms. The van der Waals surface area contributed by atoms with Gasteiger partial charge in [0.15, 0.2) is 0 Å². The number of halogens is 1. The quantitative estimate of drug-likeness (QED) is 0.936. The van der Waals surface area contributed by atoms with Crippen molar-refractivity contribution in [3.8, 4) is 0 Å². The topological polar surface area (TPSA) is 29.9 Å². The second-order valence-electron chi connectivity index (χ2n) is 3.78. The third kappa shape index (κ3) is 2.44. The molecule has 0 fully saturated rings. The Morgan fingerprint density at radius 2 is 2.19 bits per heavy atom. The predicted octanol–water partition coefficient (Wildman–Crippen LogP) is 3.10. The van der Waals surface area contributed by atoms with Crippen molar-refractivity contribution < 1.29 is 0 Å². The van der Waals surface area contributed by atoms with Gasteiger partial charge in [-0.05, 0) is 46.6 Å². The number of aryl methyl sites for hydroxylation is 2. The molecule has 2 rings (SSSR count). The summed E-state index contributed by atoms with van der Waals surface area (Å²) in [6.07, 6.45) is 1.81. The molecule has 1 heterocycles. The Labute approximate surface area is 104 Å². The second kappa shape index (κ2) is 4.70. The van der Waals surface area contributed by atoms with Gasteiger partial charge in [0, 0.05) is 23.4 Å². The van der Waals surface area contributed by atoms with Crippen LogP contribution in [0.4, 0.5) is 5.69 Å². The van der Waals surface area contributed by atoms with E-state index >= 15 is 0 Å². The highest BCUT2D eigenvalue weighted by Gasteiger charge is 2.01. The molecule has 2 aromatic rings. The zero-order valence-electron chi connectivity index (χ0n) is 9.37. The number of hydrogen-bond donors (Lipinski definition) is 1. The molecule has 4 heteroatoms. The number of benzene rings is 1. The molecular formula is C12H14BrN3. The first-order chi connectivity index (χ1) is 7.66. The Balaban J connectivity index is 2.08. The van der Waals surface area contributed by atoms with Gasteiger partial charge in [-0.3, -0.25) is 4.68 Å². The molecule has 1 aromatic carbocycles. The lowest BCUT2D eigenvalue weighted by molar-refractivity contribution is 0.720. The molecule has 16 heavy (non-hydrogen) atoms. The second-order valence-corrected chi connectivity index (χ2v) is 4.64. The van der Waals surface area contributed by atoms with Gasteiger partial charge in [0.2, 0.25) is 0 Å². The number of nitrogens with one attached hydrogen (secondary N) is 1. The fourth-order valence-electron chi connectivity index (χ4n) is 1.52. The molecule has 0 saturated carbocycles. The van der Waals surface area contributed by atoms with E-state index in [0.29, 0.717) is 0 Å². The highest BCUT2D eigenvalue weighted by atomic mass is 79.9. The average molecular weight is 280 g/mol. The first-order valence-electron chi connectivity index (χ1n) is 5.14. The van der Waals surface area contributed by atoms with E-state index in [0.717, 1.165) is 22.4 Å². The van der Waals surface area contributed by atoms with Gasteiger partial charge in [-0.15, -0.1) is 0 Å². The summed E-state index contributed by atoms with van der Waals surface area (Å²) in [6.45, 7) is 2.85. The fraction of sp³-hybridized carbons (Fsp3) is 0.250. The number of aromatic nitrogens is 2. The van der Waals surface area contributed by atoms with Crippen LogP contribution in [-0.2, 0) is 13.6 Å². The summed E-state index contributed by atoms with van der Waals surface area (Å²) in [7, 11) is 1.95. The van der Waals surface area contributed by atoms with E-state index in [1.807, 2.05) is 17.8 Å². The van der Waals surface area contributed by atoms with Crippen molar-refractivity contribution >= 4 is 21.6 Å².